The molecule has 1 aliphatic heterocycles. The molecule has 0 spiro atoms. The Hall–Kier alpha value is -1.45. The van der Waals surface area contributed by atoms with Gasteiger partial charge in [0.1, 0.15) is 11.8 Å². The minimum Gasteiger partial charge on any atom is -0.459 e. The van der Waals surface area contributed by atoms with Gasteiger partial charge in [0, 0.05) is 6.42 Å². The maximum Gasteiger partial charge on any atom is 0.292 e. The summed E-state index contributed by atoms with van der Waals surface area (Å²) in [5.41, 5.74) is 0. The van der Waals surface area contributed by atoms with Gasteiger partial charge < -0.3 is 13.7 Å². The molecule has 1 aliphatic rings. The molecule has 0 aliphatic carbocycles. The van der Waals surface area contributed by atoms with Gasteiger partial charge in [0.25, 0.3) is 10.7 Å². The van der Waals surface area contributed by atoms with Crippen molar-refractivity contribution in [2.24, 2.45) is 0 Å². The molecule has 0 amide bonds. The van der Waals surface area contributed by atoms with Gasteiger partial charge in [-0.3, -0.25) is 0 Å². The summed E-state index contributed by atoms with van der Waals surface area (Å²) in [6, 6.07) is 3.58. The largest absolute Gasteiger partial charge is 0.459 e. The molecule has 1 unspecified atom stereocenters. The van der Waals surface area contributed by atoms with Gasteiger partial charge in [0.05, 0.1) is 18.6 Å². The number of nitrogens with one attached hydrogen (secondary N) is 1. The van der Waals surface area contributed by atoms with Crippen LogP contribution in [0.15, 0.2) is 27.2 Å². The first-order valence-electron chi connectivity index (χ1n) is 7.15. The number of quaternary nitrogens is 1. The van der Waals surface area contributed by atoms with Crippen LogP contribution >= 0.6 is 12.2 Å². The van der Waals surface area contributed by atoms with Crippen LogP contribution in [-0.4, -0.2) is 42.3 Å². The summed E-state index contributed by atoms with van der Waals surface area (Å²) >= 11 is 5.19. The van der Waals surface area contributed by atoms with Crippen molar-refractivity contribution >= 4 is 22.1 Å². The summed E-state index contributed by atoms with van der Waals surface area (Å²) in [5, 5.41) is 4.33. The Morgan fingerprint density at radius 1 is 1.55 bits per heavy atom. The zero-order chi connectivity index (χ0) is 15.7. The van der Waals surface area contributed by atoms with Crippen LogP contribution in [0.3, 0.4) is 0 Å². The third-order valence-electron chi connectivity index (χ3n) is 3.95. The van der Waals surface area contributed by atoms with Gasteiger partial charge in [-0.25, -0.2) is 8.42 Å². The SMILES string of the molecule is CC[NH+](Cn1nc(-c2ccco2)oc1=S)[C@H]1CCS(=O)(=O)C1. The van der Waals surface area contributed by atoms with Crippen LogP contribution in [0.5, 0.6) is 0 Å². The predicted octanol–water partition coefficient (Wildman–Crippen LogP) is 0.515. The fourth-order valence-electron chi connectivity index (χ4n) is 2.74. The maximum atomic E-state index is 11.7. The van der Waals surface area contributed by atoms with Gasteiger partial charge in [-0.2, -0.15) is 4.68 Å². The number of aromatic nitrogens is 2. The van der Waals surface area contributed by atoms with E-state index in [4.69, 9.17) is 21.1 Å². The monoisotopic (exact) mass is 344 g/mol. The molecule has 0 bridgehead atoms. The summed E-state index contributed by atoms with van der Waals surface area (Å²) in [6.45, 7) is 3.31. The van der Waals surface area contributed by atoms with Crippen molar-refractivity contribution in [1.82, 2.24) is 9.78 Å². The van der Waals surface area contributed by atoms with Crippen LogP contribution in [-0.2, 0) is 16.5 Å². The second-order valence-electron chi connectivity index (χ2n) is 5.42. The number of sulfone groups is 1. The molecule has 3 rings (SSSR count). The van der Waals surface area contributed by atoms with E-state index < -0.39 is 9.84 Å². The highest BCUT2D eigenvalue weighted by atomic mass is 32.2. The molecule has 3 heterocycles. The standard InChI is InChI=1S/C13H17N3O4S2/c1-2-15(10-5-7-22(17,18)8-10)9-16-13(21)20-12(14-16)11-4-3-6-19-11/h3-4,6,10H,2,5,7-9H2,1H3/p+1/t10-/m0/s1. The van der Waals surface area contributed by atoms with Crippen LogP contribution in [0.1, 0.15) is 13.3 Å². The van der Waals surface area contributed by atoms with E-state index in [9.17, 15) is 8.42 Å². The average molecular weight is 344 g/mol. The Kier molecular flexibility index (Phi) is 4.20. The highest BCUT2D eigenvalue weighted by Gasteiger charge is 2.35. The number of rotatable bonds is 5. The molecule has 22 heavy (non-hydrogen) atoms. The third-order valence-corrected chi connectivity index (χ3v) is 6.02. The quantitative estimate of drug-likeness (QED) is 0.796. The Morgan fingerprint density at radius 2 is 2.36 bits per heavy atom. The first-order valence-corrected chi connectivity index (χ1v) is 9.38. The summed E-state index contributed by atoms with van der Waals surface area (Å²) < 4.78 is 35.6. The van der Waals surface area contributed by atoms with Crippen LogP contribution in [0.25, 0.3) is 11.7 Å². The van der Waals surface area contributed by atoms with Crippen molar-refractivity contribution in [3.8, 4) is 11.7 Å². The molecule has 2 aromatic heterocycles. The lowest BCUT2D eigenvalue weighted by atomic mass is 10.2. The molecule has 1 saturated heterocycles. The average Bonchev–Trinajstić information content (AvgIpc) is 3.17. The van der Waals surface area contributed by atoms with Gasteiger partial charge in [-0.15, -0.1) is 5.10 Å². The fraction of sp³-hybridized carbons (Fsp3) is 0.538. The Morgan fingerprint density at radius 3 is 2.95 bits per heavy atom. The number of hydrogen-bond acceptors (Lipinski definition) is 6. The summed E-state index contributed by atoms with van der Waals surface area (Å²) in [4.78, 5) is 1.40. The van der Waals surface area contributed by atoms with Crippen molar-refractivity contribution in [3.63, 3.8) is 0 Å². The van der Waals surface area contributed by atoms with Gasteiger partial charge in [-0.1, -0.05) is 0 Å². The van der Waals surface area contributed by atoms with E-state index in [-0.39, 0.29) is 22.4 Å². The maximum absolute atomic E-state index is 11.7. The van der Waals surface area contributed by atoms with Gasteiger partial charge in [-0.05, 0) is 31.3 Å². The predicted molar refractivity (Wildman–Crippen MR) is 81.6 cm³/mol. The minimum absolute atomic E-state index is 0.0839. The van der Waals surface area contributed by atoms with Crippen molar-refractivity contribution in [2.75, 3.05) is 18.1 Å². The van der Waals surface area contributed by atoms with Crippen LogP contribution in [0.2, 0.25) is 0 Å². The molecule has 1 N–H and O–H groups in total. The summed E-state index contributed by atoms with van der Waals surface area (Å²) in [5.74, 6) is 1.35. The Bertz CT molecular complexity index is 792. The summed E-state index contributed by atoms with van der Waals surface area (Å²) in [6.07, 6.45) is 2.22. The molecule has 120 valence electrons. The van der Waals surface area contributed by atoms with E-state index >= 15 is 0 Å². The van der Waals surface area contributed by atoms with Crippen LogP contribution < -0.4 is 4.90 Å². The molecule has 2 atom stereocenters. The highest BCUT2D eigenvalue weighted by molar-refractivity contribution is 7.91. The molecule has 1 fully saturated rings. The Balaban J connectivity index is 1.78. The van der Waals surface area contributed by atoms with E-state index in [2.05, 4.69) is 5.10 Å². The second-order valence-corrected chi connectivity index (χ2v) is 8.00. The lowest BCUT2D eigenvalue weighted by molar-refractivity contribution is -0.943. The summed E-state index contributed by atoms with van der Waals surface area (Å²) in [7, 11) is -2.90. The van der Waals surface area contributed by atoms with E-state index in [1.165, 1.54) is 0 Å². The van der Waals surface area contributed by atoms with E-state index in [0.717, 1.165) is 11.4 Å². The van der Waals surface area contributed by atoms with E-state index in [1.54, 1.807) is 23.1 Å². The van der Waals surface area contributed by atoms with Crippen molar-refractivity contribution in [1.29, 1.82) is 0 Å². The van der Waals surface area contributed by atoms with Crippen LogP contribution in [0, 0.1) is 4.84 Å². The van der Waals surface area contributed by atoms with E-state index in [0.29, 0.717) is 24.7 Å². The number of hydrogen-bond donors (Lipinski definition) is 1. The van der Waals surface area contributed by atoms with Crippen LogP contribution in [0.4, 0.5) is 0 Å². The van der Waals surface area contributed by atoms with Gasteiger partial charge in [0.15, 0.2) is 22.3 Å². The zero-order valence-corrected chi connectivity index (χ0v) is 13.8. The number of nitrogens with zero attached hydrogens (tertiary/aromatic N) is 2. The smallest absolute Gasteiger partial charge is 0.292 e. The molecule has 0 radical (unpaired) electrons. The number of furan rings is 1. The molecule has 7 nitrogen and oxygen atoms in total. The van der Waals surface area contributed by atoms with Gasteiger partial charge in [0.2, 0.25) is 0 Å². The van der Waals surface area contributed by atoms with Crippen molar-refractivity contribution < 1.29 is 22.2 Å². The molecule has 2 aromatic rings. The van der Waals surface area contributed by atoms with Crippen molar-refractivity contribution in [3.05, 3.63) is 23.2 Å². The van der Waals surface area contributed by atoms with Gasteiger partial charge >= 0.3 is 0 Å². The van der Waals surface area contributed by atoms with Crippen molar-refractivity contribution in [2.45, 2.75) is 26.1 Å². The Labute approximate surface area is 133 Å². The fourth-order valence-corrected chi connectivity index (χ4v) is 4.75. The molecular weight excluding hydrogens is 326 g/mol. The van der Waals surface area contributed by atoms with E-state index in [1.807, 2.05) is 6.92 Å². The lowest BCUT2D eigenvalue weighted by Gasteiger charge is -2.22. The molecule has 0 aromatic carbocycles. The zero-order valence-electron chi connectivity index (χ0n) is 12.2. The first-order chi connectivity index (χ1) is 10.5. The highest BCUT2D eigenvalue weighted by Crippen LogP contribution is 2.17. The minimum atomic E-state index is -2.90. The molecule has 9 heteroatoms. The normalized spacial score (nSPS) is 22.0. The first kappa shape index (κ1) is 15.4. The molecular formula is C13H18N3O4S2+. The molecule has 0 saturated carbocycles. The lowest BCUT2D eigenvalue weighted by Crippen LogP contribution is -3.15. The third kappa shape index (κ3) is 3.16. The second kappa shape index (κ2) is 5.98. The topological polar surface area (TPSA) is 82.7 Å².